The van der Waals surface area contributed by atoms with Gasteiger partial charge in [-0.15, -0.1) is 0 Å². The number of rotatable bonds is 1. The quantitative estimate of drug-likeness (QED) is 0.735. The molecule has 0 saturated carbocycles. The van der Waals surface area contributed by atoms with Crippen LogP contribution < -0.4 is 0 Å². The monoisotopic (exact) mass is 326 g/mol. The summed E-state index contributed by atoms with van der Waals surface area (Å²) in [4.78, 5) is 27.7. The van der Waals surface area contributed by atoms with Crippen LogP contribution in [0.4, 0.5) is 10.1 Å². The van der Waals surface area contributed by atoms with E-state index in [1.807, 2.05) is 13.0 Å². The molecule has 4 nitrogen and oxygen atoms in total. The van der Waals surface area contributed by atoms with Crippen LogP contribution in [-0.2, 0) is 11.2 Å². The van der Waals surface area contributed by atoms with Crippen molar-refractivity contribution in [2.45, 2.75) is 19.8 Å². The molecule has 0 fully saturated rings. The minimum atomic E-state index is -0.160. The molecule has 1 aromatic rings. The van der Waals surface area contributed by atoms with Crippen molar-refractivity contribution in [2.75, 3.05) is 7.05 Å². The number of amides is 1. The summed E-state index contributed by atoms with van der Waals surface area (Å²) in [5.41, 5.74) is 3.31. The van der Waals surface area contributed by atoms with Crippen LogP contribution in [0.25, 0.3) is 0 Å². The molecule has 0 N–H and O–H groups in total. The molecule has 0 radical (unpaired) electrons. The second-order valence-electron chi connectivity index (χ2n) is 5.60. The summed E-state index contributed by atoms with van der Waals surface area (Å²) in [6.45, 7) is 1.99. The van der Waals surface area contributed by atoms with Gasteiger partial charge < -0.3 is 4.90 Å². The Kier molecular flexibility index (Phi) is 5.95. The number of carbonyl (C=O) groups excluding carboxylic acids is 2. The van der Waals surface area contributed by atoms with Gasteiger partial charge in [-0.25, -0.2) is 9.38 Å². The number of aliphatic imine (C=N–C) groups is 1. The van der Waals surface area contributed by atoms with Crippen LogP contribution in [-0.4, -0.2) is 30.5 Å². The van der Waals surface area contributed by atoms with Crippen molar-refractivity contribution in [1.29, 1.82) is 0 Å². The van der Waals surface area contributed by atoms with Gasteiger partial charge in [0, 0.05) is 12.6 Å². The Labute approximate surface area is 140 Å². The van der Waals surface area contributed by atoms with E-state index in [0.717, 1.165) is 24.0 Å². The Hall–Kier alpha value is -2.82. The predicted octanol–water partition coefficient (Wildman–Crippen LogP) is 3.92. The van der Waals surface area contributed by atoms with Crippen LogP contribution in [0.3, 0.4) is 0 Å². The molecule has 1 aromatic carbocycles. The normalized spacial score (nSPS) is 16.1. The average Bonchev–Trinajstić information content (AvgIpc) is 2.85. The van der Waals surface area contributed by atoms with Crippen molar-refractivity contribution in [2.24, 2.45) is 4.99 Å². The number of hydrogen-bond donors (Lipinski definition) is 0. The highest BCUT2D eigenvalue weighted by Gasteiger charge is 2.14. The summed E-state index contributed by atoms with van der Waals surface area (Å²) in [5, 5.41) is 0. The highest BCUT2D eigenvalue weighted by atomic mass is 19.1. The van der Waals surface area contributed by atoms with Gasteiger partial charge in [0.1, 0.15) is 12.1 Å². The number of nitrogens with zero attached hydrogens (tertiary/aromatic N) is 2. The van der Waals surface area contributed by atoms with Crippen LogP contribution >= 0.6 is 0 Å². The van der Waals surface area contributed by atoms with E-state index in [0.29, 0.717) is 5.56 Å². The first-order valence-electron chi connectivity index (χ1n) is 7.57. The molecule has 1 aliphatic carbocycles. The first-order valence-corrected chi connectivity index (χ1v) is 7.57. The zero-order valence-corrected chi connectivity index (χ0v) is 13.7. The fourth-order valence-electron chi connectivity index (χ4n) is 2.15. The van der Waals surface area contributed by atoms with E-state index >= 15 is 0 Å². The second kappa shape index (κ2) is 8.15. The van der Waals surface area contributed by atoms with E-state index < -0.39 is 0 Å². The zero-order valence-electron chi connectivity index (χ0n) is 13.7. The third-order valence-electron chi connectivity index (χ3n) is 3.59. The van der Waals surface area contributed by atoms with Gasteiger partial charge in [-0.3, -0.25) is 9.59 Å². The zero-order chi connectivity index (χ0) is 17.5. The molecular weight excluding hydrogens is 307 g/mol. The van der Waals surface area contributed by atoms with Crippen LogP contribution in [0.2, 0.25) is 0 Å². The number of benzene rings is 1. The Balaban J connectivity index is 0.000000198. The molecule has 2 aliphatic rings. The summed E-state index contributed by atoms with van der Waals surface area (Å²) in [6.07, 6.45) is 10.0. The number of allylic oxidation sites excluding steroid dienone is 6. The fourth-order valence-corrected chi connectivity index (χ4v) is 2.15. The van der Waals surface area contributed by atoms with Gasteiger partial charge in [-0.1, -0.05) is 17.7 Å². The third-order valence-corrected chi connectivity index (χ3v) is 3.59. The molecule has 3 rings (SSSR count). The number of hydrogen-bond acceptors (Lipinski definition) is 3. The van der Waals surface area contributed by atoms with Crippen LogP contribution in [0, 0.1) is 0 Å². The van der Waals surface area contributed by atoms with Gasteiger partial charge in [0.25, 0.3) is 0 Å². The number of aldehydes is 1. The molecule has 0 atom stereocenters. The molecule has 0 aromatic heterocycles. The molecule has 0 unspecified atom stereocenters. The summed E-state index contributed by atoms with van der Waals surface area (Å²) >= 11 is 0. The number of likely N-dealkylation sites (N-methyl/N-ethyl adjacent to an activating group) is 1. The molecule has 24 heavy (non-hydrogen) atoms. The first-order chi connectivity index (χ1) is 11.5. The minimum Gasteiger partial charge on any atom is -0.306 e. The van der Waals surface area contributed by atoms with Gasteiger partial charge >= 0.3 is 0 Å². The summed E-state index contributed by atoms with van der Waals surface area (Å²) in [6, 6.07) is 5.15. The SMILES string of the molecule is CC1=CC=C(F)C=CC1.CN1C=Nc2ccc(C=O)cc2CC1=O. The maximum Gasteiger partial charge on any atom is 0.231 e. The molecular formula is C19H19FN2O2. The molecule has 124 valence electrons. The Morgan fingerprint density at radius 1 is 1.29 bits per heavy atom. The smallest absolute Gasteiger partial charge is 0.231 e. The lowest BCUT2D eigenvalue weighted by molar-refractivity contribution is -0.125. The van der Waals surface area contributed by atoms with E-state index in [1.165, 1.54) is 29.0 Å². The van der Waals surface area contributed by atoms with Crippen LogP contribution in [0.5, 0.6) is 0 Å². The number of fused-ring (bicyclic) bond motifs is 1. The highest BCUT2D eigenvalue weighted by molar-refractivity contribution is 5.92. The molecule has 1 heterocycles. The minimum absolute atomic E-state index is 0.0273. The van der Waals surface area contributed by atoms with Crippen molar-refractivity contribution in [3.63, 3.8) is 0 Å². The van der Waals surface area contributed by atoms with Crippen LogP contribution in [0.15, 0.2) is 58.9 Å². The molecule has 1 amide bonds. The van der Waals surface area contributed by atoms with Crippen molar-refractivity contribution < 1.29 is 14.0 Å². The Morgan fingerprint density at radius 3 is 2.83 bits per heavy atom. The maximum absolute atomic E-state index is 12.3. The van der Waals surface area contributed by atoms with Gasteiger partial charge in [-0.05, 0) is 49.3 Å². The number of carbonyl (C=O) groups is 2. The van der Waals surface area contributed by atoms with Gasteiger partial charge in [0.05, 0.1) is 18.4 Å². The standard InChI is InChI=1S/C11H10N2O2.C8H9F/c1-13-7-12-10-3-2-8(6-14)4-9(10)5-11(13)15;1-7-3-2-4-8(9)6-5-7/h2-4,6-7H,5H2,1H3;2,4-6H,3H2,1H3. The summed E-state index contributed by atoms with van der Waals surface area (Å²) in [5.74, 6) is -0.188. The van der Waals surface area contributed by atoms with Crippen molar-refractivity contribution in [3.05, 3.63) is 65.0 Å². The van der Waals surface area contributed by atoms with Gasteiger partial charge in [0.15, 0.2) is 0 Å². The van der Waals surface area contributed by atoms with Crippen molar-refractivity contribution in [1.82, 2.24) is 4.90 Å². The van der Waals surface area contributed by atoms with Gasteiger partial charge in [-0.2, -0.15) is 0 Å². The van der Waals surface area contributed by atoms with Crippen molar-refractivity contribution in [3.8, 4) is 0 Å². The van der Waals surface area contributed by atoms with E-state index in [4.69, 9.17) is 0 Å². The largest absolute Gasteiger partial charge is 0.306 e. The topological polar surface area (TPSA) is 49.7 Å². The lowest BCUT2D eigenvalue weighted by Gasteiger charge is -2.07. The van der Waals surface area contributed by atoms with Gasteiger partial charge in [0.2, 0.25) is 5.91 Å². The lowest BCUT2D eigenvalue weighted by atomic mass is 10.1. The highest BCUT2D eigenvalue weighted by Crippen LogP contribution is 2.22. The van der Waals surface area contributed by atoms with E-state index in [9.17, 15) is 14.0 Å². The molecule has 5 heteroatoms. The molecule has 0 saturated heterocycles. The first kappa shape index (κ1) is 17.5. The third kappa shape index (κ3) is 4.84. The van der Waals surface area contributed by atoms with E-state index in [-0.39, 0.29) is 18.2 Å². The Morgan fingerprint density at radius 2 is 2.08 bits per heavy atom. The fraction of sp³-hybridized carbons (Fsp3) is 0.211. The second-order valence-corrected chi connectivity index (χ2v) is 5.60. The van der Waals surface area contributed by atoms with E-state index in [2.05, 4.69) is 4.99 Å². The summed E-state index contributed by atoms with van der Waals surface area (Å²) in [7, 11) is 1.67. The predicted molar refractivity (Wildman–Crippen MR) is 93.2 cm³/mol. The molecule has 1 aliphatic heterocycles. The van der Waals surface area contributed by atoms with E-state index in [1.54, 1.807) is 31.3 Å². The summed E-state index contributed by atoms with van der Waals surface area (Å²) < 4.78 is 12.3. The lowest BCUT2D eigenvalue weighted by Crippen LogP contribution is -2.25. The van der Waals surface area contributed by atoms with Crippen LogP contribution in [0.1, 0.15) is 29.3 Å². The number of halogens is 1. The molecule has 0 spiro atoms. The Bertz CT molecular complexity index is 761. The van der Waals surface area contributed by atoms with Crippen molar-refractivity contribution >= 4 is 24.2 Å². The molecule has 0 bridgehead atoms. The maximum atomic E-state index is 12.3. The average molecular weight is 326 g/mol.